The minimum Gasteiger partial charge on any atom is -0.371 e. The van der Waals surface area contributed by atoms with Crippen LogP contribution in [0.25, 0.3) is 0 Å². The van der Waals surface area contributed by atoms with Crippen LogP contribution in [-0.4, -0.2) is 31.1 Å². The molecule has 6 nitrogen and oxygen atoms in total. The maximum atomic E-state index is 13.2. The molecule has 9 heteroatoms. The second-order valence-electron chi connectivity index (χ2n) is 7.83. The molecule has 1 heterocycles. The topological polar surface area (TPSA) is 73.5 Å². The molecule has 1 atom stereocenters. The minimum absolute atomic E-state index is 0.0206. The number of alkyl halides is 3. The third-order valence-corrected chi connectivity index (χ3v) is 5.42. The number of carbonyl (C=O) groups is 2. The molecular weight excluding hydrogens is 421 g/mol. The van der Waals surface area contributed by atoms with Gasteiger partial charge in [0.15, 0.2) is 0 Å². The SMILES string of the molecule is CCC(C)NC(=O)c1cc(NC(=O)Nc2ccccc2C(F)(F)F)ccc1N1CCCC1. The predicted molar refractivity (Wildman–Crippen MR) is 119 cm³/mol. The fourth-order valence-corrected chi connectivity index (χ4v) is 3.56. The number of anilines is 3. The van der Waals surface area contributed by atoms with Gasteiger partial charge in [-0.05, 0) is 56.5 Å². The van der Waals surface area contributed by atoms with Gasteiger partial charge in [-0.15, -0.1) is 0 Å². The molecule has 0 radical (unpaired) electrons. The average Bonchev–Trinajstić information content (AvgIpc) is 3.27. The van der Waals surface area contributed by atoms with Crippen LogP contribution in [0.1, 0.15) is 49.0 Å². The number of para-hydroxylation sites is 1. The Balaban J connectivity index is 1.82. The van der Waals surface area contributed by atoms with Crippen LogP contribution in [0.15, 0.2) is 42.5 Å². The number of benzene rings is 2. The van der Waals surface area contributed by atoms with Crippen molar-refractivity contribution in [2.75, 3.05) is 28.6 Å². The summed E-state index contributed by atoms with van der Waals surface area (Å²) in [6, 6.07) is 8.86. The molecule has 172 valence electrons. The van der Waals surface area contributed by atoms with E-state index in [4.69, 9.17) is 0 Å². The van der Waals surface area contributed by atoms with Gasteiger partial charge in [-0.1, -0.05) is 19.1 Å². The Morgan fingerprint density at radius 1 is 1.06 bits per heavy atom. The number of nitrogens with zero attached hydrogens (tertiary/aromatic N) is 1. The molecule has 0 aliphatic carbocycles. The van der Waals surface area contributed by atoms with Crippen molar-refractivity contribution in [3.05, 3.63) is 53.6 Å². The average molecular weight is 448 g/mol. The minimum atomic E-state index is -4.59. The van der Waals surface area contributed by atoms with E-state index in [1.165, 1.54) is 18.2 Å². The van der Waals surface area contributed by atoms with Crippen molar-refractivity contribution in [1.29, 1.82) is 0 Å². The first-order chi connectivity index (χ1) is 15.2. The summed E-state index contributed by atoms with van der Waals surface area (Å²) in [5.41, 5.74) is 0.218. The first-order valence-electron chi connectivity index (χ1n) is 10.6. The zero-order chi connectivity index (χ0) is 23.3. The number of hydrogen-bond acceptors (Lipinski definition) is 3. The summed E-state index contributed by atoms with van der Waals surface area (Å²) in [6.07, 6.45) is -1.76. The van der Waals surface area contributed by atoms with E-state index in [2.05, 4.69) is 20.9 Å². The number of halogens is 3. The highest BCUT2D eigenvalue weighted by atomic mass is 19.4. The van der Waals surface area contributed by atoms with Crippen LogP contribution in [0, 0.1) is 0 Å². The molecule has 0 bridgehead atoms. The highest BCUT2D eigenvalue weighted by Crippen LogP contribution is 2.34. The number of carbonyl (C=O) groups excluding carboxylic acids is 2. The number of urea groups is 1. The molecule has 1 fully saturated rings. The smallest absolute Gasteiger partial charge is 0.371 e. The number of nitrogens with one attached hydrogen (secondary N) is 3. The fraction of sp³-hybridized carbons (Fsp3) is 0.391. The van der Waals surface area contributed by atoms with E-state index in [1.807, 2.05) is 13.8 Å². The summed E-state index contributed by atoms with van der Waals surface area (Å²) in [7, 11) is 0. The molecular formula is C23H27F3N4O2. The molecule has 2 aromatic rings. The molecule has 1 saturated heterocycles. The molecule has 0 aromatic heterocycles. The van der Waals surface area contributed by atoms with Crippen molar-refractivity contribution in [2.45, 2.75) is 45.3 Å². The zero-order valence-electron chi connectivity index (χ0n) is 18.1. The summed E-state index contributed by atoms with van der Waals surface area (Å²) in [6.45, 7) is 5.55. The predicted octanol–water partition coefficient (Wildman–Crippen LogP) is 5.48. The molecule has 1 aliphatic rings. The Morgan fingerprint density at radius 2 is 1.75 bits per heavy atom. The Bertz CT molecular complexity index is 972. The zero-order valence-corrected chi connectivity index (χ0v) is 18.1. The lowest BCUT2D eigenvalue weighted by Crippen LogP contribution is -2.33. The monoisotopic (exact) mass is 448 g/mol. The molecule has 1 unspecified atom stereocenters. The van der Waals surface area contributed by atoms with E-state index in [-0.39, 0.29) is 17.6 Å². The maximum Gasteiger partial charge on any atom is 0.418 e. The van der Waals surface area contributed by atoms with Gasteiger partial charge in [0, 0.05) is 30.5 Å². The van der Waals surface area contributed by atoms with E-state index in [9.17, 15) is 22.8 Å². The van der Waals surface area contributed by atoms with Crippen molar-refractivity contribution < 1.29 is 22.8 Å². The van der Waals surface area contributed by atoms with E-state index < -0.39 is 17.8 Å². The summed E-state index contributed by atoms with van der Waals surface area (Å²) in [5, 5.41) is 7.71. The van der Waals surface area contributed by atoms with Crippen molar-refractivity contribution in [1.82, 2.24) is 5.32 Å². The highest BCUT2D eigenvalue weighted by molar-refractivity contribution is 6.04. The second kappa shape index (κ2) is 9.93. The van der Waals surface area contributed by atoms with E-state index in [0.29, 0.717) is 11.3 Å². The first kappa shape index (κ1) is 23.4. The molecule has 3 amide bonds. The number of amides is 3. The third kappa shape index (κ3) is 5.72. The molecule has 2 aromatic carbocycles. The summed E-state index contributed by atoms with van der Waals surface area (Å²) < 4.78 is 39.5. The molecule has 3 N–H and O–H groups in total. The Kier molecular flexibility index (Phi) is 7.27. The number of hydrogen-bond donors (Lipinski definition) is 3. The van der Waals surface area contributed by atoms with Gasteiger partial charge in [-0.3, -0.25) is 4.79 Å². The van der Waals surface area contributed by atoms with Crippen LogP contribution >= 0.6 is 0 Å². The maximum absolute atomic E-state index is 13.2. The molecule has 0 spiro atoms. The summed E-state index contributed by atoms with van der Waals surface area (Å²) in [4.78, 5) is 27.4. The van der Waals surface area contributed by atoms with Crippen LogP contribution in [-0.2, 0) is 6.18 Å². The number of rotatable bonds is 6. The lowest BCUT2D eigenvalue weighted by Gasteiger charge is -2.23. The fourth-order valence-electron chi connectivity index (χ4n) is 3.56. The molecule has 1 aliphatic heterocycles. The highest BCUT2D eigenvalue weighted by Gasteiger charge is 2.33. The molecule has 0 saturated carbocycles. The summed E-state index contributed by atoms with van der Waals surface area (Å²) >= 11 is 0. The Hall–Kier alpha value is -3.23. The quantitative estimate of drug-likeness (QED) is 0.548. The van der Waals surface area contributed by atoms with E-state index in [1.54, 1.807) is 18.2 Å². The normalized spacial score (nSPS) is 14.7. The van der Waals surface area contributed by atoms with Crippen LogP contribution in [0.5, 0.6) is 0 Å². The molecule has 3 rings (SSSR count). The van der Waals surface area contributed by atoms with Crippen molar-refractivity contribution in [2.24, 2.45) is 0 Å². The van der Waals surface area contributed by atoms with Crippen molar-refractivity contribution >= 4 is 29.0 Å². The lowest BCUT2D eigenvalue weighted by atomic mass is 10.1. The van der Waals surface area contributed by atoms with E-state index in [0.717, 1.165) is 44.1 Å². The van der Waals surface area contributed by atoms with Crippen molar-refractivity contribution in [3.8, 4) is 0 Å². The molecule has 32 heavy (non-hydrogen) atoms. The Labute approximate surface area is 185 Å². The first-order valence-corrected chi connectivity index (χ1v) is 10.6. The van der Waals surface area contributed by atoms with Crippen LogP contribution in [0.3, 0.4) is 0 Å². The van der Waals surface area contributed by atoms with Gasteiger partial charge in [-0.25, -0.2) is 4.79 Å². The third-order valence-electron chi connectivity index (χ3n) is 5.42. The van der Waals surface area contributed by atoms with Gasteiger partial charge < -0.3 is 20.9 Å². The largest absolute Gasteiger partial charge is 0.418 e. The van der Waals surface area contributed by atoms with Gasteiger partial charge in [0.2, 0.25) is 0 Å². The Morgan fingerprint density at radius 3 is 2.41 bits per heavy atom. The summed E-state index contributed by atoms with van der Waals surface area (Å²) in [5.74, 6) is -0.257. The van der Waals surface area contributed by atoms with Gasteiger partial charge in [0.25, 0.3) is 5.91 Å². The van der Waals surface area contributed by atoms with Crippen molar-refractivity contribution in [3.63, 3.8) is 0 Å². The van der Waals surface area contributed by atoms with Crippen LogP contribution in [0.2, 0.25) is 0 Å². The second-order valence-corrected chi connectivity index (χ2v) is 7.83. The van der Waals surface area contributed by atoms with Gasteiger partial charge >= 0.3 is 12.2 Å². The van der Waals surface area contributed by atoms with Gasteiger partial charge in [0.1, 0.15) is 0 Å². The van der Waals surface area contributed by atoms with Gasteiger partial charge in [-0.2, -0.15) is 13.2 Å². The van der Waals surface area contributed by atoms with Crippen LogP contribution in [0.4, 0.5) is 35.0 Å². The van der Waals surface area contributed by atoms with E-state index >= 15 is 0 Å². The lowest BCUT2D eigenvalue weighted by molar-refractivity contribution is -0.136. The van der Waals surface area contributed by atoms with Crippen LogP contribution < -0.4 is 20.9 Å². The van der Waals surface area contributed by atoms with Gasteiger partial charge in [0.05, 0.1) is 16.8 Å². The standard InChI is InChI=1S/C23H27F3N4O2/c1-3-15(2)27-21(31)17-14-16(10-11-20(17)30-12-6-7-13-30)28-22(32)29-19-9-5-4-8-18(19)23(24,25)26/h4-5,8-11,14-15H,3,6-7,12-13H2,1-2H3,(H,27,31)(H2,28,29,32).